The van der Waals surface area contributed by atoms with Crippen molar-refractivity contribution in [2.75, 3.05) is 6.61 Å². The molecule has 0 bridgehead atoms. The van der Waals surface area contributed by atoms with Gasteiger partial charge in [0.05, 0.1) is 18.5 Å². The van der Waals surface area contributed by atoms with E-state index in [1.54, 1.807) is 24.3 Å². The summed E-state index contributed by atoms with van der Waals surface area (Å²) in [6.07, 6.45) is 1.40. The maximum Gasteiger partial charge on any atom is 0.339 e. The van der Waals surface area contributed by atoms with Gasteiger partial charge in [-0.2, -0.15) is 0 Å². The molecular formula is C20H16N4O5. The van der Waals surface area contributed by atoms with Crippen LogP contribution in [0.2, 0.25) is 0 Å². The number of hydrogen-bond acceptors (Lipinski definition) is 6. The third-order valence-electron chi connectivity index (χ3n) is 4.39. The highest BCUT2D eigenvalue weighted by Gasteiger charge is 2.15. The lowest BCUT2D eigenvalue weighted by Gasteiger charge is -2.12. The molecule has 4 N–H and O–H groups in total. The fourth-order valence-electron chi connectivity index (χ4n) is 3.03. The lowest BCUT2D eigenvalue weighted by atomic mass is 10.00. The van der Waals surface area contributed by atoms with Crippen molar-refractivity contribution < 1.29 is 19.7 Å². The summed E-state index contributed by atoms with van der Waals surface area (Å²) in [5.41, 5.74) is 1.88. The summed E-state index contributed by atoms with van der Waals surface area (Å²) in [7, 11) is 0. The van der Waals surface area contributed by atoms with E-state index >= 15 is 0 Å². The minimum atomic E-state index is -1.22. The van der Waals surface area contributed by atoms with Crippen LogP contribution in [0.15, 0.2) is 47.5 Å². The van der Waals surface area contributed by atoms with Gasteiger partial charge >= 0.3 is 5.97 Å². The lowest BCUT2D eigenvalue weighted by Crippen LogP contribution is -2.10. The Labute approximate surface area is 163 Å². The largest absolute Gasteiger partial charge is 0.507 e. The molecule has 0 fully saturated rings. The van der Waals surface area contributed by atoms with Crippen LogP contribution in [-0.4, -0.2) is 42.7 Å². The average Bonchev–Trinajstić information content (AvgIpc) is 3.17. The predicted octanol–water partition coefficient (Wildman–Crippen LogP) is 2.78. The number of carboxylic acid groups (broad SMARTS) is 1. The van der Waals surface area contributed by atoms with Crippen molar-refractivity contribution in [3.05, 3.63) is 58.6 Å². The van der Waals surface area contributed by atoms with Gasteiger partial charge in [-0.15, -0.1) is 0 Å². The van der Waals surface area contributed by atoms with E-state index in [0.29, 0.717) is 40.5 Å². The van der Waals surface area contributed by atoms with Crippen LogP contribution >= 0.6 is 0 Å². The van der Waals surface area contributed by atoms with Crippen LogP contribution in [0.1, 0.15) is 17.3 Å². The summed E-state index contributed by atoms with van der Waals surface area (Å²) in [6, 6.07) is 9.54. The maximum absolute atomic E-state index is 12.2. The number of hydrogen-bond donors (Lipinski definition) is 4. The number of benzene rings is 2. The van der Waals surface area contributed by atoms with Crippen LogP contribution in [0, 0.1) is 0 Å². The molecule has 0 atom stereocenters. The fourth-order valence-corrected chi connectivity index (χ4v) is 3.03. The number of aromatic nitrogens is 4. The zero-order valence-corrected chi connectivity index (χ0v) is 15.3. The fraction of sp³-hybridized carbons (Fsp3) is 0.100. The van der Waals surface area contributed by atoms with Crippen molar-refractivity contribution in [1.29, 1.82) is 0 Å². The van der Waals surface area contributed by atoms with E-state index in [9.17, 15) is 19.8 Å². The molecule has 0 saturated heterocycles. The number of aromatic amines is 2. The SMILES string of the molecule is CCOc1cc(-c2ccc(O)c(C(=O)O)c2)ccc1-c1nc2nc[nH]c2c(=O)[nH]1. The molecule has 29 heavy (non-hydrogen) atoms. The zero-order chi connectivity index (χ0) is 20.5. The van der Waals surface area contributed by atoms with E-state index in [2.05, 4.69) is 19.9 Å². The summed E-state index contributed by atoms with van der Waals surface area (Å²) in [4.78, 5) is 37.4. The number of imidazole rings is 1. The minimum absolute atomic E-state index is 0.195. The van der Waals surface area contributed by atoms with E-state index in [-0.39, 0.29) is 22.4 Å². The molecule has 2 aromatic heterocycles. The van der Waals surface area contributed by atoms with E-state index in [1.165, 1.54) is 18.5 Å². The molecule has 0 aliphatic rings. The Morgan fingerprint density at radius 3 is 2.69 bits per heavy atom. The van der Waals surface area contributed by atoms with E-state index in [1.807, 2.05) is 6.92 Å². The van der Waals surface area contributed by atoms with Crippen LogP contribution in [0.25, 0.3) is 33.7 Å². The smallest absolute Gasteiger partial charge is 0.339 e. The van der Waals surface area contributed by atoms with Crippen molar-refractivity contribution in [2.24, 2.45) is 0 Å². The van der Waals surface area contributed by atoms with Crippen molar-refractivity contribution in [3.8, 4) is 34.0 Å². The average molecular weight is 392 g/mol. The molecule has 0 aliphatic heterocycles. The molecule has 0 spiro atoms. The zero-order valence-electron chi connectivity index (χ0n) is 15.3. The van der Waals surface area contributed by atoms with Crippen LogP contribution in [-0.2, 0) is 0 Å². The number of H-pyrrole nitrogens is 2. The van der Waals surface area contributed by atoms with Crippen LogP contribution < -0.4 is 10.3 Å². The normalized spacial score (nSPS) is 10.9. The van der Waals surface area contributed by atoms with Gasteiger partial charge in [-0.1, -0.05) is 12.1 Å². The Bertz CT molecular complexity index is 1290. The highest BCUT2D eigenvalue weighted by atomic mass is 16.5. The molecule has 0 saturated carbocycles. The number of ether oxygens (including phenoxy) is 1. The van der Waals surface area contributed by atoms with Crippen molar-refractivity contribution in [2.45, 2.75) is 6.92 Å². The van der Waals surface area contributed by atoms with Crippen molar-refractivity contribution in [3.63, 3.8) is 0 Å². The van der Waals surface area contributed by atoms with Crippen LogP contribution in [0.4, 0.5) is 0 Å². The number of rotatable bonds is 5. The topological polar surface area (TPSA) is 141 Å². The molecule has 4 rings (SSSR count). The van der Waals surface area contributed by atoms with Crippen molar-refractivity contribution in [1.82, 2.24) is 19.9 Å². The molecule has 146 valence electrons. The van der Waals surface area contributed by atoms with E-state index in [0.717, 1.165) is 0 Å². The molecule has 0 unspecified atom stereocenters. The highest BCUT2D eigenvalue weighted by Crippen LogP contribution is 2.34. The summed E-state index contributed by atoms with van der Waals surface area (Å²) >= 11 is 0. The monoisotopic (exact) mass is 392 g/mol. The Morgan fingerprint density at radius 2 is 1.93 bits per heavy atom. The van der Waals surface area contributed by atoms with Crippen molar-refractivity contribution >= 4 is 17.1 Å². The molecule has 4 aromatic rings. The number of fused-ring (bicyclic) bond motifs is 1. The van der Waals surface area contributed by atoms with Gasteiger partial charge in [-0.3, -0.25) is 4.79 Å². The summed E-state index contributed by atoms with van der Waals surface area (Å²) in [5, 5.41) is 19.0. The van der Waals surface area contributed by atoms with Gasteiger partial charge < -0.3 is 24.9 Å². The first-order chi connectivity index (χ1) is 14.0. The van der Waals surface area contributed by atoms with Gasteiger partial charge in [0.2, 0.25) is 0 Å². The first-order valence-corrected chi connectivity index (χ1v) is 8.75. The van der Waals surface area contributed by atoms with Gasteiger partial charge in [-0.25, -0.2) is 14.8 Å². The number of aromatic hydroxyl groups is 1. The Kier molecular flexibility index (Phi) is 4.47. The predicted molar refractivity (Wildman–Crippen MR) is 105 cm³/mol. The third kappa shape index (κ3) is 3.29. The molecular weight excluding hydrogens is 376 g/mol. The van der Waals surface area contributed by atoms with Gasteiger partial charge in [-0.05, 0) is 42.3 Å². The quantitative estimate of drug-likeness (QED) is 0.409. The Morgan fingerprint density at radius 1 is 1.17 bits per heavy atom. The molecule has 2 heterocycles. The molecule has 0 aliphatic carbocycles. The molecule has 9 nitrogen and oxygen atoms in total. The molecule has 9 heteroatoms. The first-order valence-electron chi connectivity index (χ1n) is 8.75. The van der Waals surface area contributed by atoms with E-state index < -0.39 is 5.97 Å². The number of nitrogens with one attached hydrogen (secondary N) is 2. The first kappa shape index (κ1) is 18.2. The minimum Gasteiger partial charge on any atom is -0.507 e. The van der Waals surface area contributed by atoms with Gasteiger partial charge in [0.15, 0.2) is 11.2 Å². The van der Waals surface area contributed by atoms with Crippen LogP contribution in [0.5, 0.6) is 11.5 Å². The van der Waals surface area contributed by atoms with Gasteiger partial charge in [0, 0.05) is 0 Å². The number of carbonyl (C=O) groups is 1. The maximum atomic E-state index is 12.2. The number of aromatic carboxylic acids is 1. The number of carboxylic acids is 1. The van der Waals surface area contributed by atoms with E-state index in [4.69, 9.17) is 4.74 Å². The Balaban J connectivity index is 1.84. The Hall–Kier alpha value is -4.14. The third-order valence-corrected chi connectivity index (χ3v) is 4.39. The highest BCUT2D eigenvalue weighted by molar-refractivity contribution is 5.92. The van der Waals surface area contributed by atoms with Crippen LogP contribution in [0.3, 0.4) is 0 Å². The van der Waals surface area contributed by atoms with Gasteiger partial charge in [0.25, 0.3) is 5.56 Å². The second kappa shape index (κ2) is 7.12. The second-order valence-electron chi connectivity index (χ2n) is 6.20. The number of phenols is 1. The molecule has 0 radical (unpaired) electrons. The standard InChI is InChI=1S/C20H16N4O5/c1-2-29-15-8-11(10-4-6-14(25)13(7-10)20(27)28)3-5-12(15)17-23-18-16(19(26)24-17)21-9-22-18/h3-9,25H,2H2,1H3,(H,27,28)(H2,21,22,23,24,26). The molecule has 2 aromatic carbocycles. The van der Waals surface area contributed by atoms with Gasteiger partial charge in [0.1, 0.15) is 22.9 Å². The summed E-state index contributed by atoms with van der Waals surface area (Å²) < 4.78 is 5.73. The number of nitrogens with zero attached hydrogens (tertiary/aromatic N) is 2. The lowest BCUT2D eigenvalue weighted by molar-refractivity contribution is 0.0694. The summed E-state index contributed by atoms with van der Waals surface area (Å²) in [6.45, 7) is 2.20. The summed E-state index contributed by atoms with van der Waals surface area (Å²) in [5.74, 6) is -0.758. The second-order valence-corrected chi connectivity index (χ2v) is 6.20. The molecule has 0 amide bonds.